The van der Waals surface area contributed by atoms with Gasteiger partial charge in [0.25, 0.3) is 0 Å². The number of ether oxygens (including phenoxy) is 1. The summed E-state index contributed by atoms with van der Waals surface area (Å²) < 4.78 is 5.18. The third kappa shape index (κ3) is 2.30. The average Bonchev–Trinajstić information content (AvgIpc) is 2.90. The van der Waals surface area contributed by atoms with Gasteiger partial charge in [-0.25, -0.2) is 0 Å². The van der Waals surface area contributed by atoms with Crippen LogP contribution in [0.5, 0.6) is 5.75 Å². The highest BCUT2D eigenvalue weighted by molar-refractivity contribution is 7.81. The number of thiol groups is 1. The molecule has 0 saturated heterocycles. The van der Waals surface area contributed by atoms with Gasteiger partial charge in [-0.1, -0.05) is 0 Å². The molecule has 1 atom stereocenters. The zero-order chi connectivity index (χ0) is 13.9. The topological polar surface area (TPSA) is 49.8 Å². The van der Waals surface area contributed by atoms with E-state index in [1.165, 1.54) is 0 Å². The van der Waals surface area contributed by atoms with E-state index in [0.29, 0.717) is 0 Å². The Morgan fingerprint density at radius 3 is 2.50 bits per heavy atom. The lowest BCUT2D eigenvalue weighted by molar-refractivity contribution is 0.415. The highest BCUT2D eigenvalue weighted by Gasteiger charge is 2.27. The minimum absolute atomic E-state index is 0.202. The second-order valence-electron chi connectivity index (χ2n) is 4.24. The maximum atomic E-state index is 5.18. The fourth-order valence-electron chi connectivity index (χ4n) is 2.06. The third-order valence-corrected chi connectivity index (χ3v) is 3.39. The molecule has 2 heterocycles. The normalized spacial score (nSPS) is 17.6. The van der Waals surface area contributed by atoms with Crippen LogP contribution in [0.3, 0.4) is 0 Å². The van der Waals surface area contributed by atoms with Gasteiger partial charge in [-0.05, 0) is 36.4 Å². The van der Waals surface area contributed by atoms with Crippen LogP contribution in [-0.4, -0.2) is 23.4 Å². The quantitative estimate of drug-likeness (QED) is 0.848. The van der Waals surface area contributed by atoms with Crippen LogP contribution in [0.2, 0.25) is 0 Å². The van der Waals surface area contributed by atoms with E-state index in [2.05, 4.69) is 28.1 Å². The fraction of sp³-hybridized carbons (Fsp3) is 0.143. The molecule has 5 nitrogen and oxygen atoms in total. The molecule has 1 aliphatic rings. The number of anilines is 1. The molecule has 0 amide bonds. The van der Waals surface area contributed by atoms with Gasteiger partial charge in [-0.3, -0.25) is 15.3 Å². The summed E-state index contributed by atoms with van der Waals surface area (Å²) in [4.78, 5) is 6.04. The highest BCUT2D eigenvalue weighted by atomic mass is 32.1. The molecule has 1 N–H and O–H groups in total. The third-order valence-electron chi connectivity index (χ3n) is 3.05. The molecule has 0 spiro atoms. The molecule has 20 heavy (non-hydrogen) atoms. The van der Waals surface area contributed by atoms with Gasteiger partial charge in [0.2, 0.25) is 0 Å². The van der Waals surface area contributed by atoms with E-state index in [-0.39, 0.29) is 5.50 Å². The first-order chi connectivity index (χ1) is 9.79. The molecule has 1 aromatic carbocycles. The molecule has 102 valence electrons. The first-order valence-electron chi connectivity index (χ1n) is 6.14. The Labute approximate surface area is 122 Å². The Kier molecular flexibility index (Phi) is 3.47. The standard InChI is InChI=1S/C14H14N4OS/c1-19-12-4-2-11(3-5-12)18-13(16-17-14(18)20)10-6-8-15-9-7-10/h2-9,14,17,20H,1H3. The van der Waals surface area contributed by atoms with Gasteiger partial charge < -0.3 is 4.74 Å². The van der Waals surface area contributed by atoms with Gasteiger partial charge >= 0.3 is 0 Å². The summed E-state index contributed by atoms with van der Waals surface area (Å²) in [6, 6.07) is 11.6. The summed E-state index contributed by atoms with van der Waals surface area (Å²) in [6.07, 6.45) is 3.49. The lowest BCUT2D eigenvalue weighted by atomic mass is 10.2. The summed E-state index contributed by atoms with van der Waals surface area (Å²) in [6.45, 7) is 0. The Balaban J connectivity index is 1.95. The smallest absolute Gasteiger partial charge is 0.166 e. The maximum Gasteiger partial charge on any atom is 0.166 e. The molecule has 0 aliphatic carbocycles. The minimum Gasteiger partial charge on any atom is -0.497 e. The van der Waals surface area contributed by atoms with Crippen molar-refractivity contribution >= 4 is 24.2 Å². The first-order valence-corrected chi connectivity index (χ1v) is 6.66. The second-order valence-corrected chi connectivity index (χ2v) is 4.73. The summed E-state index contributed by atoms with van der Waals surface area (Å²) in [5.41, 5.74) is 4.75. The van der Waals surface area contributed by atoms with Crippen molar-refractivity contribution < 1.29 is 4.74 Å². The van der Waals surface area contributed by atoms with E-state index < -0.39 is 0 Å². The molecule has 1 unspecified atom stereocenters. The number of pyridine rings is 1. The van der Waals surface area contributed by atoms with Crippen LogP contribution in [0.4, 0.5) is 5.69 Å². The summed E-state index contributed by atoms with van der Waals surface area (Å²) in [5, 5.41) is 4.34. The van der Waals surface area contributed by atoms with E-state index in [4.69, 9.17) is 4.74 Å². The van der Waals surface area contributed by atoms with Crippen molar-refractivity contribution in [2.24, 2.45) is 5.10 Å². The molecule has 6 heteroatoms. The molecule has 1 aliphatic heterocycles. The lowest BCUT2D eigenvalue weighted by Crippen LogP contribution is -2.36. The van der Waals surface area contributed by atoms with E-state index in [0.717, 1.165) is 22.8 Å². The van der Waals surface area contributed by atoms with Gasteiger partial charge in [0, 0.05) is 23.6 Å². The van der Waals surface area contributed by atoms with Crippen LogP contribution in [0.15, 0.2) is 53.9 Å². The molecule has 3 rings (SSSR count). The van der Waals surface area contributed by atoms with Crippen molar-refractivity contribution in [3.63, 3.8) is 0 Å². The highest BCUT2D eigenvalue weighted by Crippen LogP contribution is 2.26. The average molecular weight is 286 g/mol. The molecular weight excluding hydrogens is 272 g/mol. The Hall–Kier alpha value is -2.21. The van der Waals surface area contributed by atoms with E-state index in [9.17, 15) is 0 Å². The number of nitrogens with zero attached hydrogens (tertiary/aromatic N) is 3. The number of hydrazone groups is 1. The number of hydrogen-bond acceptors (Lipinski definition) is 6. The Morgan fingerprint density at radius 2 is 1.85 bits per heavy atom. The second kappa shape index (κ2) is 5.42. The fourth-order valence-corrected chi connectivity index (χ4v) is 2.36. The first kappa shape index (κ1) is 12.8. The maximum absolute atomic E-state index is 5.18. The van der Waals surface area contributed by atoms with Gasteiger partial charge in [-0.2, -0.15) is 5.10 Å². The van der Waals surface area contributed by atoms with Crippen molar-refractivity contribution in [2.75, 3.05) is 12.0 Å². The zero-order valence-electron chi connectivity index (χ0n) is 10.9. The number of nitrogens with one attached hydrogen (secondary N) is 1. The Morgan fingerprint density at radius 1 is 1.15 bits per heavy atom. The largest absolute Gasteiger partial charge is 0.497 e. The SMILES string of the molecule is COc1ccc(N2C(c3ccncc3)=NNC2S)cc1. The van der Waals surface area contributed by atoms with Crippen LogP contribution in [0, 0.1) is 0 Å². The monoisotopic (exact) mass is 286 g/mol. The van der Waals surface area contributed by atoms with Crippen molar-refractivity contribution in [1.29, 1.82) is 0 Å². The van der Waals surface area contributed by atoms with Gasteiger partial charge in [0.1, 0.15) is 5.75 Å². The van der Waals surface area contributed by atoms with Crippen molar-refractivity contribution in [3.05, 3.63) is 54.4 Å². The number of rotatable bonds is 3. The molecule has 0 radical (unpaired) electrons. The molecular formula is C14H14N4OS. The summed E-state index contributed by atoms with van der Waals surface area (Å²) in [7, 11) is 1.65. The zero-order valence-corrected chi connectivity index (χ0v) is 11.8. The molecule has 0 saturated carbocycles. The number of methoxy groups -OCH3 is 1. The molecule has 1 aromatic heterocycles. The number of amidine groups is 1. The van der Waals surface area contributed by atoms with Crippen LogP contribution in [-0.2, 0) is 0 Å². The summed E-state index contributed by atoms with van der Waals surface area (Å²) in [5.74, 6) is 1.64. The van der Waals surface area contributed by atoms with E-state index >= 15 is 0 Å². The van der Waals surface area contributed by atoms with Crippen LogP contribution >= 0.6 is 12.6 Å². The van der Waals surface area contributed by atoms with E-state index in [1.54, 1.807) is 19.5 Å². The minimum atomic E-state index is -0.202. The van der Waals surface area contributed by atoms with Gasteiger partial charge in [0.05, 0.1) is 7.11 Å². The number of aromatic nitrogens is 1. The molecule has 0 bridgehead atoms. The van der Waals surface area contributed by atoms with Crippen LogP contribution in [0.1, 0.15) is 5.56 Å². The van der Waals surface area contributed by atoms with Crippen LogP contribution in [0.25, 0.3) is 0 Å². The summed E-state index contributed by atoms with van der Waals surface area (Å²) >= 11 is 4.51. The van der Waals surface area contributed by atoms with Gasteiger partial charge in [0.15, 0.2) is 11.3 Å². The van der Waals surface area contributed by atoms with Gasteiger partial charge in [-0.15, -0.1) is 12.6 Å². The predicted octanol–water partition coefficient (Wildman–Crippen LogP) is 2.07. The number of benzene rings is 1. The molecule has 2 aromatic rings. The Bertz CT molecular complexity index is 615. The van der Waals surface area contributed by atoms with E-state index in [1.807, 2.05) is 41.3 Å². The van der Waals surface area contributed by atoms with Crippen molar-refractivity contribution in [2.45, 2.75) is 5.50 Å². The number of hydrogen-bond donors (Lipinski definition) is 2. The van der Waals surface area contributed by atoms with Crippen LogP contribution < -0.4 is 15.1 Å². The van der Waals surface area contributed by atoms with Crippen molar-refractivity contribution in [1.82, 2.24) is 10.4 Å². The molecule has 0 fully saturated rings. The predicted molar refractivity (Wildman–Crippen MR) is 82.2 cm³/mol. The van der Waals surface area contributed by atoms with Crippen molar-refractivity contribution in [3.8, 4) is 5.75 Å². The lowest BCUT2D eigenvalue weighted by Gasteiger charge is -2.24.